The molecule has 1 aliphatic carbocycles. The Bertz CT molecular complexity index is 398. The van der Waals surface area contributed by atoms with E-state index in [0.717, 1.165) is 0 Å². The summed E-state index contributed by atoms with van der Waals surface area (Å²) in [5.41, 5.74) is 0. The van der Waals surface area contributed by atoms with Crippen molar-refractivity contribution in [1.82, 2.24) is 15.5 Å². The maximum Gasteiger partial charge on any atom is 0.315 e. The smallest absolute Gasteiger partial charge is 0.315 e. The van der Waals surface area contributed by atoms with E-state index in [1.54, 1.807) is 11.9 Å². The van der Waals surface area contributed by atoms with Gasteiger partial charge in [0, 0.05) is 19.6 Å². The van der Waals surface area contributed by atoms with Gasteiger partial charge in [0.15, 0.2) is 0 Å². The molecule has 7 heteroatoms. The lowest BCUT2D eigenvalue weighted by Gasteiger charge is -2.16. The first-order valence-electron chi connectivity index (χ1n) is 6.52. The van der Waals surface area contributed by atoms with Gasteiger partial charge in [-0.3, -0.25) is 9.59 Å². The minimum atomic E-state index is -0.808. The number of carbonyl (C=O) groups is 3. The number of likely N-dealkylation sites (N-methyl/N-ethyl adjacent to an activating group) is 1. The minimum Gasteiger partial charge on any atom is -0.481 e. The summed E-state index contributed by atoms with van der Waals surface area (Å²) in [6.45, 7) is 0.647. The lowest BCUT2D eigenvalue weighted by molar-refractivity contribution is -0.141. The van der Waals surface area contributed by atoms with Crippen molar-refractivity contribution in [3.05, 3.63) is 0 Å². The molecule has 1 saturated heterocycles. The third-order valence-corrected chi connectivity index (χ3v) is 3.85. The van der Waals surface area contributed by atoms with Crippen LogP contribution in [-0.2, 0) is 9.59 Å². The van der Waals surface area contributed by atoms with Crippen LogP contribution in [0.1, 0.15) is 25.7 Å². The highest BCUT2D eigenvalue weighted by Gasteiger charge is 2.33. The van der Waals surface area contributed by atoms with Crippen LogP contribution in [-0.4, -0.2) is 53.6 Å². The largest absolute Gasteiger partial charge is 0.481 e. The third kappa shape index (κ3) is 3.15. The Labute approximate surface area is 111 Å². The average molecular weight is 269 g/mol. The van der Waals surface area contributed by atoms with Crippen molar-refractivity contribution in [2.75, 3.05) is 13.6 Å². The van der Waals surface area contributed by atoms with Crippen LogP contribution >= 0.6 is 0 Å². The molecule has 7 nitrogen and oxygen atoms in total. The van der Waals surface area contributed by atoms with Gasteiger partial charge in [-0.05, 0) is 25.7 Å². The van der Waals surface area contributed by atoms with Crippen LogP contribution in [0.4, 0.5) is 4.79 Å². The topological polar surface area (TPSA) is 98.7 Å². The number of nitrogens with one attached hydrogen (secondary N) is 2. The molecule has 3 atom stereocenters. The Balaban J connectivity index is 1.76. The fourth-order valence-corrected chi connectivity index (χ4v) is 2.68. The molecule has 0 radical (unpaired) electrons. The van der Waals surface area contributed by atoms with Crippen molar-refractivity contribution >= 4 is 17.9 Å². The molecule has 1 heterocycles. The second-order valence-electron chi connectivity index (χ2n) is 5.26. The molecule has 1 saturated carbocycles. The van der Waals surface area contributed by atoms with Crippen LogP contribution in [0.2, 0.25) is 0 Å². The van der Waals surface area contributed by atoms with Gasteiger partial charge in [-0.15, -0.1) is 0 Å². The average Bonchev–Trinajstić information content (AvgIpc) is 2.91. The van der Waals surface area contributed by atoms with E-state index in [-0.39, 0.29) is 23.9 Å². The van der Waals surface area contributed by atoms with Crippen LogP contribution in [0, 0.1) is 5.92 Å². The molecule has 106 valence electrons. The van der Waals surface area contributed by atoms with Gasteiger partial charge in [0.2, 0.25) is 5.91 Å². The van der Waals surface area contributed by atoms with Crippen molar-refractivity contribution in [2.45, 2.75) is 37.8 Å². The zero-order valence-corrected chi connectivity index (χ0v) is 10.9. The molecule has 0 aromatic rings. The lowest BCUT2D eigenvalue weighted by atomic mass is 10.1. The number of hydrogen-bond donors (Lipinski definition) is 3. The predicted molar refractivity (Wildman–Crippen MR) is 66.5 cm³/mol. The second kappa shape index (κ2) is 5.46. The molecule has 0 aromatic heterocycles. The number of carboxylic acids is 1. The number of rotatable bonds is 3. The zero-order valence-electron chi connectivity index (χ0n) is 10.9. The quantitative estimate of drug-likeness (QED) is 0.659. The van der Waals surface area contributed by atoms with Crippen LogP contribution in [0.15, 0.2) is 0 Å². The Morgan fingerprint density at radius 3 is 2.53 bits per heavy atom. The molecule has 1 aliphatic heterocycles. The summed E-state index contributed by atoms with van der Waals surface area (Å²) in [7, 11) is 1.70. The molecule has 2 fully saturated rings. The molecular weight excluding hydrogens is 250 g/mol. The van der Waals surface area contributed by atoms with E-state index in [1.807, 2.05) is 0 Å². The Morgan fingerprint density at radius 2 is 2.00 bits per heavy atom. The van der Waals surface area contributed by atoms with Crippen molar-refractivity contribution < 1.29 is 19.5 Å². The van der Waals surface area contributed by atoms with Crippen LogP contribution in [0.25, 0.3) is 0 Å². The van der Waals surface area contributed by atoms with E-state index < -0.39 is 12.0 Å². The van der Waals surface area contributed by atoms with Gasteiger partial charge in [-0.2, -0.15) is 0 Å². The zero-order chi connectivity index (χ0) is 14.0. The van der Waals surface area contributed by atoms with Crippen molar-refractivity contribution in [3.8, 4) is 0 Å². The van der Waals surface area contributed by atoms with E-state index in [0.29, 0.717) is 32.2 Å². The number of carboxylic acid groups (broad SMARTS) is 1. The maximum absolute atomic E-state index is 11.7. The minimum absolute atomic E-state index is 0.0787. The summed E-state index contributed by atoms with van der Waals surface area (Å²) in [4.78, 5) is 35.8. The molecule has 3 amide bonds. The highest BCUT2D eigenvalue weighted by Crippen LogP contribution is 2.25. The SMILES string of the molecule is CN1CCC(NC(=O)NC2CCC(C(=O)O)C2)C1=O. The van der Waals surface area contributed by atoms with Gasteiger partial charge in [0.05, 0.1) is 5.92 Å². The molecule has 0 spiro atoms. The molecular formula is C12H19N3O4. The van der Waals surface area contributed by atoms with Gasteiger partial charge in [0.1, 0.15) is 6.04 Å². The number of nitrogens with zero attached hydrogens (tertiary/aromatic N) is 1. The number of aliphatic carboxylic acids is 1. The number of likely N-dealkylation sites (tertiary alicyclic amines) is 1. The molecule has 0 bridgehead atoms. The van der Waals surface area contributed by atoms with Crippen LogP contribution < -0.4 is 10.6 Å². The molecule has 3 N–H and O–H groups in total. The first-order valence-corrected chi connectivity index (χ1v) is 6.52. The first kappa shape index (κ1) is 13.6. The van der Waals surface area contributed by atoms with Crippen molar-refractivity contribution in [3.63, 3.8) is 0 Å². The summed E-state index contributed by atoms with van der Waals surface area (Å²) < 4.78 is 0. The van der Waals surface area contributed by atoms with E-state index in [4.69, 9.17) is 5.11 Å². The highest BCUT2D eigenvalue weighted by molar-refractivity contribution is 5.88. The normalized spacial score (nSPS) is 30.5. The van der Waals surface area contributed by atoms with Crippen molar-refractivity contribution in [2.24, 2.45) is 5.92 Å². The molecule has 2 aliphatic rings. The van der Waals surface area contributed by atoms with Gasteiger partial charge >= 0.3 is 12.0 Å². The monoisotopic (exact) mass is 269 g/mol. The molecule has 3 unspecified atom stereocenters. The fraction of sp³-hybridized carbons (Fsp3) is 0.750. The van der Waals surface area contributed by atoms with E-state index in [1.165, 1.54) is 0 Å². The first-order chi connectivity index (χ1) is 8.97. The summed E-state index contributed by atoms with van der Waals surface area (Å²) >= 11 is 0. The van der Waals surface area contributed by atoms with Gasteiger partial charge in [-0.1, -0.05) is 0 Å². The number of hydrogen-bond acceptors (Lipinski definition) is 3. The molecule has 19 heavy (non-hydrogen) atoms. The Morgan fingerprint density at radius 1 is 1.26 bits per heavy atom. The Kier molecular flexibility index (Phi) is 3.92. The summed E-state index contributed by atoms with van der Waals surface area (Å²) in [5.74, 6) is -1.26. The van der Waals surface area contributed by atoms with Crippen LogP contribution in [0.5, 0.6) is 0 Å². The third-order valence-electron chi connectivity index (χ3n) is 3.85. The fourth-order valence-electron chi connectivity index (χ4n) is 2.68. The highest BCUT2D eigenvalue weighted by atomic mass is 16.4. The number of amides is 3. The standard InChI is InChI=1S/C12H19N3O4/c1-15-5-4-9(10(15)16)14-12(19)13-8-3-2-7(6-8)11(17)18/h7-9H,2-6H2,1H3,(H,17,18)(H2,13,14,19). The van der Waals surface area contributed by atoms with E-state index in [2.05, 4.69) is 10.6 Å². The van der Waals surface area contributed by atoms with Crippen molar-refractivity contribution in [1.29, 1.82) is 0 Å². The summed E-state index contributed by atoms with van der Waals surface area (Å²) in [5, 5.41) is 14.3. The van der Waals surface area contributed by atoms with Crippen LogP contribution in [0.3, 0.4) is 0 Å². The summed E-state index contributed by atoms with van der Waals surface area (Å²) in [6.07, 6.45) is 2.33. The van der Waals surface area contributed by atoms with E-state index in [9.17, 15) is 14.4 Å². The molecule has 0 aromatic carbocycles. The lowest BCUT2D eigenvalue weighted by Crippen LogP contribution is -2.48. The number of urea groups is 1. The Hall–Kier alpha value is -1.79. The van der Waals surface area contributed by atoms with E-state index >= 15 is 0 Å². The second-order valence-corrected chi connectivity index (χ2v) is 5.26. The van der Waals surface area contributed by atoms with Gasteiger partial charge < -0.3 is 20.6 Å². The van der Waals surface area contributed by atoms with Gasteiger partial charge in [-0.25, -0.2) is 4.79 Å². The molecule has 2 rings (SSSR count). The predicted octanol–water partition coefficient (Wildman–Crippen LogP) is -0.230. The summed E-state index contributed by atoms with van der Waals surface area (Å²) in [6, 6.07) is -0.957. The number of carbonyl (C=O) groups excluding carboxylic acids is 2. The van der Waals surface area contributed by atoms with Gasteiger partial charge in [0.25, 0.3) is 0 Å². The maximum atomic E-state index is 11.7.